The zero-order valence-electron chi connectivity index (χ0n) is 9.18. The summed E-state index contributed by atoms with van der Waals surface area (Å²) in [5.41, 5.74) is 0.737. The number of hydrogen-bond acceptors (Lipinski definition) is 1. The molecule has 0 amide bonds. The predicted octanol–water partition coefficient (Wildman–Crippen LogP) is 4.99. The summed E-state index contributed by atoms with van der Waals surface area (Å²) in [4.78, 5) is 0. The van der Waals surface area contributed by atoms with Crippen molar-refractivity contribution in [2.45, 2.75) is 6.54 Å². The van der Waals surface area contributed by atoms with Crippen molar-refractivity contribution in [3.05, 3.63) is 63.1 Å². The number of anilines is 1. The van der Waals surface area contributed by atoms with Crippen molar-refractivity contribution >= 4 is 33.2 Å². The molecular formula is C13H9BrClF2N. The molecule has 1 nitrogen and oxygen atoms in total. The van der Waals surface area contributed by atoms with Gasteiger partial charge in [-0.05, 0) is 46.3 Å². The summed E-state index contributed by atoms with van der Waals surface area (Å²) in [6.07, 6.45) is 0. The van der Waals surface area contributed by atoms with Gasteiger partial charge in [-0.2, -0.15) is 0 Å². The molecular weight excluding hydrogens is 324 g/mol. The highest BCUT2D eigenvalue weighted by Crippen LogP contribution is 2.26. The van der Waals surface area contributed by atoms with E-state index >= 15 is 0 Å². The molecule has 0 fully saturated rings. The zero-order valence-corrected chi connectivity index (χ0v) is 11.5. The lowest BCUT2D eigenvalue weighted by Crippen LogP contribution is -2.04. The molecule has 18 heavy (non-hydrogen) atoms. The summed E-state index contributed by atoms with van der Waals surface area (Å²) < 4.78 is 27.6. The number of halogens is 4. The smallest absolute Gasteiger partial charge is 0.131 e. The van der Waals surface area contributed by atoms with E-state index in [9.17, 15) is 8.78 Å². The molecule has 2 rings (SSSR count). The minimum Gasteiger partial charge on any atom is -0.380 e. The van der Waals surface area contributed by atoms with Crippen molar-refractivity contribution in [3.8, 4) is 0 Å². The van der Waals surface area contributed by atoms with E-state index in [1.165, 1.54) is 18.2 Å². The summed E-state index contributed by atoms with van der Waals surface area (Å²) >= 11 is 9.13. The van der Waals surface area contributed by atoms with E-state index in [1.807, 2.05) is 0 Å². The van der Waals surface area contributed by atoms with Crippen LogP contribution < -0.4 is 5.32 Å². The van der Waals surface area contributed by atoms with Crippen LogP contribution >= 0.6 is 27.5 Å². The van der Waals surface area contributed by atoms with Crippen molar-refractivity contribution in [1.82, 2.24) is 0 Å². The Hall–Kier alpha value is -1.13. The molecule has 2 aromatic carbocycles. The lowest BCUT2D eigenvalue weighted by atomic mass is 10.2. The second-order valence-electron chi connectivity index (χ2n) is 3.68. The summed E-state index contributed by atoms with van der Waals surface area (Å²) in [6.45, 7) is 0.0682. The van der Waals surface area contributed by atoms with Gasteiger partial charge in [0.2, 0.25) is 0 Å². The molecule has 0 aromatic heterocycles. The maximum absolute atomic E-state index is 13.4. The molecule has 0 saturated carbocycles. The van der Waals surface area contributed by atoms with Crippen LogP contribution in [0.4, 0.5) is 14.5 Å². The van der Waals surface area contributed by atoms with E-state index in [0.29, 0.717) is 5.02 Å². The highest BCUT2D eigenvalue weighted by atomic mass is 79.9. The van der Waals surface area contributed by atoms with Crippen molar-refractivity contribution in [1.29, 1.82) is 0 Å². The molecule has 0 aliphatic heterocycles. The average molecular weight is 333 g/mol. The number of hydrogen-bond donors (Lipinski definition) is 1. The van der Waals surface area contributed by atoms with Gasteiger partial charge in [-0.15, -0.1) is 0 Å². The molecule has 0 unspecified atom stereocenters. The fourth-order valence-electron chi connectivity index (χ4n) is 1.52. The largest absolute Gasteiger partial charge is 0.380 e. The molecule has 2 aromatic rings. The summed E-state index contributed by atoms with van der Waals surface area (Å²) in [7, 11) is 0. The molecule has 0 radical (unpaired) electrons. The van der Waals surface area contributed by atoms with Gasteiger partial charge in [0.15, 0.2) is 0 Å². The van der Waals surface area contributed by atoms with E-state index in [1.54, 1.807) is 18.2 Å². The Morgan fingerprint density at radius 1 is 1.11 bits per heavy atom. The minimum atomic E-state index is -0.562. The quantitative estimate of drug-likeness (QED) is 0.834. The summed E-state index contributed by atoms with van der Waals surface area (Å²) in [6, 6.07) is 8.96. The first-order valence-electron chi connectivity index (χ1n) is 5.20. The van der Waals surface area contributed by atoms with Gasteiger partial charge in [-0.1, -0.05) is 17.7 Å². The standard InChI is InChI=1S/C13H9BrClF2N/c14-10-6-8(15)4-5-13(10)18-7-9-11(16)2-1-3-12(9)17/h1-6,18H,7H2. The van der Waals surface area contributed by atoms with E-state index in [4.69, 9.17) is 11.6 Å². The SMILES string of the molecule is Fc1cccc(F)c1CNc1ccc(Cl)cc1Br. The van der Waals surface area contributed by atoms with Crippen molar-refractivity contribution in [3.63, 3.8) is 0 Å². The predicted molar refractivity (Wildman–Crippen MR) is 72.8 cm³/mol. The van der Waals surface area contributed by atoms with Crippen LogP contribution in [0.1, 0.15) is 5.56 Å². The fraction of sp³-hybridized carbons (Fsp3) is 0.0769. The zero-order chi connectivity index (χ0) is 13.1. The third-order valence-electron chi connectivity index (χ3n) is 2.45. The molecule has 1 N–H and O–H groups in total. The van der Waals surface area contributed by atoms with Crippen LogP contribution in [0.2, 0.25) is 5.02 Å². The molecule has 0 bridgehead atoms. The van der Waals surface area contributed by atoms with E-state index in [2.05, 4.69) is 21.2 Å². The van der Waals surface area contributed by atoms with Crippen LogP contribution in [-0.2, 0) is 6.54 Å². The number of rotatable bonds is 3. The maximum atomic E-state index is 13.4. The van der Waals surface area contributed by atoms with Gasteiger partial charge in [-0.3, -0.25) is 0 Å². The molecule has 0 spiro atoms. The van der Waals surface area contributed by atoms with Crippen LogP contribution in [0, 0.1) is 11.6 Å². The van der Waals surface area contributed by atoms with Crippen molar-refractivity contribution < 1.29 is 8.78 Å². The van der Waals surface area contributed by atoms with E-state index in [-0.39, 0.29) is 12.1 Å². The Morgan fingerprint density at radius 2 is 1.78 bits per heavy atom. The first-order chi connectivity index (χ1) is 8.58. The Balaban J connectivity index is 2.16. The molecule has 0 atom stereocenters. The Labute approximate surface area is 117 Å². The molecule has 0 heterocycles. The second-order valence-corrected chi connectivity index (χ2v) is 4.97. The van der Waals surface area contributed by atoms with Gasteiger partial charge in [0.1, 0.15) is 11.6 Å². The van der Waals surface area contributed by atoms with Crippen molar-refractivity contribution in [2.75, 3.05) is 5.32 Å². The van der Waals surface area contributed by atoms with Gasteiger partial charge >= 0.3 is 0 Å². The highest BCUT2D eigenvalue weighted by molar-refractivity contribution is 9.10. The third-order valence-corrected chi connectivity index (χ3v) is 3.34. The monoisotopic (exact) mass is 331 g/mol. The van der Waals surface area contributed by atoms with Crippen LogP contribution in [0.5, 0.6) is 0 Å². The molecule has 94 valence electrons. The first-order valence-corrected chi connectivity index (χ1v) is 6.37. The molecule has 0 aliphatic carbocycles. The third kappa shape index (κ3) is 3.00. The maximum Gasteiger partial charge on any atom is 0.131 e. The number of benzene rings is 2. The first kappa shape index (κ1) is 13.3. The Bertz CT molecular complexity index is 555. The summed E-state index contributed by atoms with van der Waals surface area (Å²) in [5, 5.41) is 3.54. The highest BCUT2D eigenvalue weighted by Gasteiger charge is 2.08. The second kappa shape index (κ2) is 5.67. The normalized spacial score (nSPS) is 10.4. The molecule has 0 saturated heterocycles. The number of nitrogens with one attached hydrogen (secondary N) is 1. The molecule has 5 heteroatoms. The van der Waals surface area contributed by atoms with Crippen LogP contribution in [0.25, 0.3) is 0 Å². The van der Waals surface area contributed by atoms with Gasteiger partial charge in [0.05, 0.1) is 0 Å². The van der Waals surface area contributed by atoms with Crippen LogP contribution in [-0.4, -0.2) is 0 Å². The van der Waals surface area contributed by atoms with Crippen LogP contribution in [0.3, 0.4) is 0 Å². The molecule has 0 aliphatic rings. The minimum absolute atomic E-state index is 0.0133. The summed E-state index contributed by atoms with van der Waals surface area (Å²) in [5.74, 6) is -1.12. The van der Waals surface area contributed by atoms with Gasteiger partial charge in [0, 0.05) is 27.3 Å². The van der Waals surface area contributed by atoms with Crippen molar-refractivity contribution in [2.24, 2.45) is 0 Å². The Kier molecular flexibility index (Phi) is 4.19. The van der Waals surface area contributed by atoms with Gasteiger partial charge in [0.25, 0.3) is 0 Å². The van der Waals surface area contributed by atoms with E-state index in [0.717, 1.165) is 10.2 Å². The lowest BCUT2D eigenvalue weighted by Gasteiger charge is -2.10. The van der Waals surface area contributed by atoms with Crippen LogP contribution in [0.15, 0.2) is 40.9 Å². The lowest BCUT2D eigenvalue weighted by molar-refractivity contribution is 0.560. The Morgan fingerprint density at radius 3 is 2.39 bits per heavy atom. The van der Waals surface area contributed by atoms with E-state index < -0.39 is 11.6 Å². The van der Waals surface area contributed by atoms with Gasteiger partial charge < -0.3 is 5.32 Å². The van der Waals surface area contributed by atoms with Gasteiger partial charge in [-0.25, -0.2) is 8.78 Å². The topological polar surface area (TPSA) is 12.0 Å². The average Bonchev–Trinajstić information content (AvgIpc) is 2.31. The fourth-order valence-corrected chi connectivity index (χ4v) is 2.34.